The lowest BCUT2D eigenvalue weighted by molar-refractivity contribution is 0.940. The highest BCUT2D eigenvalue weighted by Crippen LogP contribution is 2.17. The highest BCUT2D eigenvalue weighted by atomic mass is 35.5. The predicted molar refractivity (Wildman–Crippen MR) is 48.1 cm³/mol. The fourth-order valence-corrected chi connectivity index (χ4v) is 1.97. The maximum atomic E-state index is 5.58. The number of alkyl halides is 1. The van der Waals surface area contributed by atoms with Gasteiger partial charge in [0.05, 0.1) is 0 Å². The van der Waals surface area contributed by atoms with E-state index in [1.165, 1.54) is 10.4 Å². The van der Waals surface area contributed by atoms with Crippen LogP contribution in [-0.2, 0) is 6.42 Å². The number of aryl methyl sites for hydroxylation is 2. The van der Waals surface area contributed by atoms with Crippen LogP contribution in [0.4, 0.5) is 0 Å². The van der Waals surface area contributed by atoms with E-state index in [4.69, 9.17) is 11.6 Å². The van der Waals surface area contributed by atoms with Gasteiger partial charge in [-0.2, -0.15) is 0 Å². The molecular formula is C8H11ClS. The Morgan fingerprint density at radius 2 is 2.40 bits per heavy atom. The zero-order valence-electron chi connectivity index (χ0n) is 6.06. The lowest BCUT2D eigenvalue weighted by atomic mass is 10.2. The van der Waals surface area contributed by atoms with Gasteiger partial charge in [0.1, 0.15) is 0 Å². The molecule has 2 heteroatoms. The Balaban J connectivity index is 2.49. The molecule has 1 rings (SSSR count). The first kappa shape index (κ1) is 8.09. The van der Waals surface area contributed by atoms with Crippen LogP contribution >= 0.6 is 22.9 Å². The zero-order valence-corrected chi connectivity index (χ0v) is 7.63. The van der Waals surface area contributed by atoms with Gasteiger partial charge in [0.15, 0.2) is 0 Å². The third-order valence-corrected chi connectivity index (χ3v) is 2.86. The molecule has 10 heavy (non-hydrogen) atoms. The third-order valence-electron chi connectivity index (χ3n) is 1.51. The second-order valence-corrected chi connectivity index (χ2v) is 3.70. The van der Waals surface area contributed by atoms with Crippen LogP contribution in [0.25, 0.3) is 0 Å². The van der Waals surface area contributed by atoms with Crippen LogP contribution < -0.4 is 0 Å². The maximum Gasteiger partial charge on any atom is 0.0226 e. The van der Waals surface area contributed by atoms with E-state index >= 15 is 0 Å². The Hall–Kier alpha value is -0.0100. The van der Waals surface area contributed by atoms with Gasteiger partial charge in [-0.15, -0.1) is 22.9 Å². The van der Waals surface area contributed by atoms with Crippen molar-refractivity contribution in [1.29, 1.82) is 0 Å². The van der Waals surface area contributed by atoms with Crippen LogP contribution in [0.3, 0.4) is 0 Å². The number of halogens is 1. The first-order chi connectivity index (χ1) is 4.84. The van der Waals surface area contributed by atoms with Crippen molar-refractivity contribution in [3.63, 3.8) is 0 Å². The first-order valence-electron chi connectivity index (χ1n) is 3.43. The summed E-state index contributed by atoms with van der Waals surface area (Å²) in [6.07, 6.45) is 2.25. The Morgan fingerprint density at radius 3 is 2.90 bits per heavy atom. The molecule has 0 radical (unpaired) electrons. The Morgan fingerprint density at radius 1 is 1.60 bits per heavy atom. The van der Waals surface area contributed by atoms with Crippen molar-refractivity contribution in [2.45, 2.75) is 19.8 Å². The van der Waals surface area contributed by atoms with E-state index in [1.54, 1.807) is 0 Å². The number of hydrogen-bond donors (Lipinski definition) is 0. The molecule has 0 N–H and O–H groups in total. The largest absolute Gasteiger partial charge is 0.149 e. The van der Waals surface area contributed by atoms with Gasteiger partial charge in [0.25, 0.3) is 0 Å². The summed E-state index contributed by atoms with van der Waals surface area (Å²) in [5, 5.41) is 2.14. The molecule has 0 saturated heterocycles. The van der Waals surface area contributed by atoms with Gasteiger partial charge in [-0.1, -0.05) is 0 Å². The van der Waals surface area contributed by atoms with Crippen molar-refractivity contribution in [3.8, 4) is 0 Å². The second kappa shape index (κ2) is 3.99. The van der Waals surface area contributed by atoms with Crippen LogP contribution in [0.5, 0.6) is 0 Å². The Kier molecular flexibility index (Phi) is 3.23. The van der Waals surface area contributed by atoms with Gasteiger partial charge < -0.3 is 0 Å². The van der Waals surface area contributed by atoms with Gasteiger partial charge >= 0.3 is 0 Å². The summed E-state index contributed by atoms with van der Waals surface area (Å²) < 4.78 is 0. The van der Waals surface area contributed by atoms with Crippen molar-refractivity contribution < 1.29 is 0 Å². The SMILES string of the molecule is Cc1ccsc1CCCCl. The van der Waals surface area contributed by atoms with Crippen molar-refractivity contribution in [2.75, 3.05) is 5.88 Å². The summed E-state index contributed by atoms with van der Waals surface area (Å²) in [5.41, 5.74) is 1.41. The molecule has 0 nitrogen and oxygen atoms in total. The molecule has 0 aliphatic rings. The summed E-state index contributed by atoms with van der Waals surface area (Å²) in [7, 11) is 0. The first-order valence-corrected chi connectivity index (χ1v) is 4.85. The van der Waals surface area contributed by atoms with E-state index in [2.05, 4.69) is 18.4 Å². The average molecular weight is 175 g/mol. The van der Waals surface area contributed by atoms with Crippen LogP contribution in [0.1, 0.15) is 16.9 Å². The third kappa shape index (κ3) is 1.99. The van der Waals surface area contributed by atoms with E-state index in [-0.39, 0.29) is 0 Å². The maximum absolute atomic E-state index is 5.58. The molecule has 56 valence electrons. The lowest BCUT2D eigenvalue weighted by Gasteiger charge is -1.94. The van der Waals surface area contributed by atoms with Gasteiger partial charge in [-0.3, -0.25) is 0 Å². The fourth-order valence-electron chi connectivity index (χ4n) is 0.888. The minimum absolute atomic E-state index is 0.775. The monoisotopic (exact) mass is 174 g/mol. The lowest BCUT2D eigenvalue weighted by Crippen LogP contribution is -1.83. The molecule has 0 spiro atoms. The Bertz CT molecular complexity index is 193. The predicted octanol–water partition coefficient (Wildman–Crippen LogP) is 3.23. The average Bonchev–Trinajstić information content (AvgIpc) is 2.31. The molecule has 0 unspecified atom stereocenters. The summed E-state index contributed by atoms with van der Waals surface area (Å²) in [4.78, 5) is 1.49. The summed E-state index contributed by atoms with van der Waals surface area (Å²) in [5.74, 6) is 0.775. The normalized spacial score (nSPS) is 10.2. The standard InChI is InChI=1S/C8H11ClS/c1-7-4-6-10-8(7)3-2-5-9/h4,6H,2-3,5H2,1H3. The minimum atomic E-state index is 0.775. The molecule has 0 fully saturated rings. The number of rotatable bonds is 3. The molecule has 0 aliphatic carbocycles. The number of hydrogen-bond acceptors (Lipinski definition) is 1. The van der Waals surface area contributed by atoms with Crippen LogP contribution in [0, 0.1) is 6.92 Å². The second-order valence-electron chi connectivity index (χ2n) is 2.32. The van der Waals surface area contributed by atoms with Gasteiger partial charge in [-0.05, 0) is 36.8 Å². The van der Waals surface area contributed by atoms with Crippen molar-refractivity contribution >= 4 is 22.9 Å². The van der Waals surface area contributed by atoms with E-state index in [9.17, 15) is 0 Å². The fraction of sp³-hybridized carbons (Fsp3) is 0.500. The van der Waals surface area contributed by atoms with E-state index in [0.29, 0.717) is 0 Å². The molecule has 1 aromatic rings. The molecule has 0 aromatic carbocycles. The minimum Gasteiger partial charge on any atom is -0.149 e. The molecular weight excluding hydrogens is 164 g/mol. The summed E-state index contributed by atoms with van der Waals surface area (Å²) >= 11 is 7.41. The molecule has 0 bridgehead atoms. The zero-order chi connectivity index (χ0) is 7.40. The topological polar surface area (TPSA) is 0 Å². The summed E-state index contributed by atoms with van der Waals surface area (Å²) in [6, 6.07) is 2.16. The van der Waals surface area contributed by atoms with Crippen molar-refractivity contribution in [1.82, 2.24) is 0 Å². The molecule has 0 atom stereocenters. The molecule has 1 aromatic heterocycles. The smallest absolute Gasteiger partial charge is 0.0226 e. The highest BCUT2D eigenvalue weighted by molar-refractivity contribution is 7.10. The van der Waals surface area contributed by atoms with Crippen LogP contribution in [0.15, 0.2) is 11.4 Å². The number of thiophene rings is 1. The van der Waals surface area contributed by atoms with Crippen molar-refractivity contribution in [2.24, 2.45) is 0 Å². The molecule has 0 amide bonds. The van der Waals surface area contributed by atoms with E-state index in [1.807, 2.05) is 11.3 Å². The van der Waals surface area contributed by atoms with E-state index in [0.717, 1.165) is 18.7 Å². The van der Waals surface area contributed by atoms with Gasteiger partial charge in [0.2, 0.25) is 0 Å². The van der Waals surface area contributed by atoms with Crippen molar-refractivity contribution in [3.05, 3.63) is 21.9 Å². The van der Waals surface area contributed by atoms with E-state index < -0.39 is 0 Å². The van der Waals surface area contributed by atoms with Gasteiger partial charge in [-0.25, -0.2) is 0 Å². The Labute approximate surface area is 70.8 Å². The quantitative estimate of drug-likeness (QED) is 0.618. The molecule has 1 heterocycles. The summed E-state index contributed by atoms with van der Waals surface area (Å²) in [6.45, 7) is 2.15. The highest BCUT2D eigenvalue weighted by Gasteiger charge is 1.97. The van der Waals surface area contributed by atoms with Gasteiger partial charge in [0, 0.05) is 10.8 Å². The van der Waals surface area contributed by atoms with Crippen LogP contribution in [-0.4, -0.2) is 5.88 Å². The molecule has 0 aliphatic heterocycles. The molecule has 0 saturated carbocycles. The van der Waals surface area contributed by atoms with Crippen LogP contribution in [0.2, 0.25) is 0 Å².